The first-order valence-corrected chi connectivity index (χ1v) is 10.5. The Morgan fingerprint density at radius 3 is 2.89 bits per heavy atom. The van der Waals surface area contributed by atoms with Gasteiger partial charge in [-0.3, -0.25) is 9.67 Å². The molecule has 0 bridgehead atoms. The van der Waals surface area contributed by atoms with Crippen molar-refractivity contribution in [1.82, 2.24) is 20.4 Å². The van der Waals surface area contributed by atoms with Crippen molar-refractivity contribution in [2.75, 3.05) is 24.5 Å². The summed E-state index contributed by atoms with van der Waals surface area (Å²) in [6.07, 6.45) is 7.59. The van der Waals surface area contributed by atoms with Gasteiger partial charge in [0.2, 0.25) is 0 Å². The number of aromatic nitrogens is 2. The molecule has 2 heterocycles. The van der Waals surface area contributed by atoms with Crippen LogP contribution in [0.1, 0.15) is 43.2 Å². The van der Waals surface area contributed by atoms with E-state index in [9.17, 15) is 0 Å². The first-order chi connectivity index (χ1) is 13.6. The minimum atomic E-state index is 0.405. The monoisotopic (exact) mass is 380 g/mol. The summed E-state index contributed by atoms with van der Waals surface area (Å²) in [5.41, 5.74) is 4.06. The van der Waals surface area contributed by atoms with Gasteiger partial charge in [0.15, 0.2) is 5.96 Å². The molecule has 3 atom stereocenters. The minimum absolute atomic E-state index is 0.405. The van der Waals surface area contributed by atoms with Gasteiger partial charge < -0.3 is 15.5 Å². The summed E-state index contributed by atoms with van der Waals surface area (Å²) in [6.45, 7) is 7.17. The third-order valence-corrected chi connectivity index (χ3v) is 5.84. The van der Waals surface area contributed by atoms with Gasteiger partial charge in [-0.05, 0) is 44.2 Å². The van der Waals surface area contributed by atoms with E-state index in [1.54, 1.807) is 0 Å². The maximum atomic E-state index is 4.71. The van der Waals surface area contributed by atoms with Gasteiger partial charge in [-0.15, -0.1) is 0 Å². The maximum Gasteiger partial charge on any atom is 0.191 e. The molecule has 6 nitrogen and oxygen atoms in total. The number of piperidine rings is 1. The second-order valence-corrected chi connectivity index (χ2v) is 8.07. The number of aliphatic imine (C=N–C) groups is 1. The lowest BCUT2D eigenvalue weighted by atomic mass is 10.0. The molecule has 0 radical (unpaired) electrons. The Morgan fingerprint density at radius 2 is 2.14 bits per heavy atom. The summed E-state index contributed by atoms with van der Waals surface area (Å²) >= 11 is 0. The van der Waals surface area contributed by atoms with Gasteiger partial charge in [0.25, 0.3) is 0 Å². The maximum absolute atomic E-state index is 4.71. The van der Waals surface area contributed by atoms with Crippen molar-refractivity contribution in [2.24, 2.45) is 12.0 Å². The van der Waals surface area contributed by atoms with E-state index in [1.807, 2.05) is 17.9 Å². The summed E-state index contributed by atoms with van der Waals surface area (Å²) in [4.78, 5) is 7.13. The van der Waals surface area contributed by atoms with Crippen molar-refractivity contribution in [2.45, 2.75) is 51.1 Å². The van der Waals surface area contributed by atoms with Crippen molar-refractivity contribution in [3.8, 4) is 0 Å². The van der Waals surface area contributed by atoms with E-state index >= 15 is 0 Å². The molecule has 1 aromatic heterocycles. The molecule has 2 N–H and O–H groups in total. The normalized spacial score (nSPS) is 24.9. The van der Waals surface area contributed by atoms with Gasteiger partial charge in [-0.25, -0.2) is 0 Å². The van der Waals surface area contributed by atoms with Crippen LogP contribution >= 0.6 is 0 Å². The largest absolute Gasteiger partial charge is 0.367 e. The molecule has 0 amide bonds. The van der Waals surface area contributed by atoms with Crippen LogP contribution in [0.3, 0.4) is 0 Å². The molecule has 150 valence electrons. The van der Waals surface area contributed by atoms with Gasteiger partial charge in [0.05, 0.1) is 11.9 Å². The molecular formula is C22H32N6. The van der Waals surface area contributed by atoms with Crippen molar-refractivity contribution in [3.63, 3.8) is 0 Å². The van der Waals surface area contributed by atoms with Gasteiger partial charge >= 0.3 is 0 Å². The number of hydrogen-bond acceptors (Lipinski definition) is 3. The molecule has 1 aromatic carbocycles. The lowest BCUT2D eigenvalue weighted by Gasteiger charge is -2.34. The zero-order valence-electron chi connectivity index (χ0n) is 17.2. The predicted molar refractivity (Wildman–Crippen MR) is 115 cm³/mol. The number of aryl methyl sites for hydroxylation is 2. The third-order valence-electron chi connectivity index (χ3n) is 5.84. The number of nitrogens with one attached hydrogen (secondary N) is 2. The Balaban J connectivity index is 1.35. The fourth-order valence-electron chi connectivity index (χ4n) is 4.26. The zero-order chi connectivity index (χ0) is 19.5. The molecule has 2 aromatic rings. The molecule has 2 fully saturated rings. The van der Waals surface area contributed by atoms with Crippen LogP contribution in [0.25, 0.3) is 0 Å². The highest BCUT2D eigenvalue weighted by molar-refractivity contribution is 5.81. The Bertz CT molecular complexity index is 826. The topological polar surface area (TPSA) is 57.5 Å². The first kappa shape index (κ1) is 18.8. The summed E-state index contributed by atoms with van der Waals surface area (Å²) in [7, 11) is 1.97. The molecule has 1 aliphatic carbocycles. The van der Waals surface area contributed by atoms with Crippen LogP contribution in [-0.4, -0.2) is 47.5 Å². The fourth-order valence-corrected chi connectivity index (χ4v) is 4.26. The van der Waals surface area contributed by atoms with Gasteiger partial charge in [0, 0.05) is 50.9 Å². The molecule has 2 aliphatic rings. The zero-order valence-corrected chi connectivity index (χ0v) is 17.2. The van der Waals surface area contributed by atoms with Crippen LogP contribution in [0.4, 0.5) is 5.69 Å². The molecule has 1 aliphatic heterocycles. The highest BCUT2D eigenvalue weighted by atomic mass is 15.3. The Kier molecular flexibility index (Phi) is 5.55. The quantitative estimate of drug-likeness (QED) is 0.619. The van der Waals surface area contributed by atoms with E-state index in [1.165, 1.54) is 36.1 Å². The van der Waals surface area contributed by atoms with E-state index in [0.29, 0.717) is 18.0 Å². The van der Waals surface area contributed by atoms with Gasteiger partial charge in [0.1, 0.15) is 0 Å². The van der Waals surface area contributed by atoms with E-state index in [0.717, 1.165) is 25.6 Å². The van der Waals surface area contributed by atoms with Crippen molar-refractivity contribution >= 4 is 11.6 Å². The van der Waals surface area contributed by atoms with Crippen LogP contribution in [-0.2, 0) is 7.05 Å². The molecule has 3 unspecified atom stereocenters. The van der Waals surface area contributed by atoms with Crippen LogP contribution in [0.15, 0.2) is 41.7 Å². The minimum Gasteiger partial charge on any atom is -0.367 e. The molecule has 6 heteroatoms. The molecule has 0 spiro atoms. The average Bonchev–Trinajstić information content (AvgIpc) is 3.30. The van der Waals surface area contributed by atoms with E-state index < -0.39 is 0 Å². The molecule has 4 rings (SSSR count). The summed E-state index contributed by atoms with van der Waals surface area (Å²) in [5, 5.41) is 11.7. The van der Waals surface area contributed by atoms with Crippen LogP contribution in [0.2, 0.25) is 0 Å². The van der Waals surface area contributed by atoms with Crippen molar-refractivity contribution < 1.29 is 0 Å². The highest BCUT2D eigenvalue weighted by Gasteiger charge is 2.40. The fraction of sp³-hybridized carbons (Fsp3) is 0.545. The number of benzene rings is 1. The molecule has 1 saturated heterocycles. The lowest BCUT2D eigenvalue weighted by molar-refractivity contribution is 0.467. The Morgan fingerprint density at radius 1 is 1.29 bits per heavy atom. The van der Waals surface area contributed by atoms with Crippen molar-refractivity contribution in [1.29, 1.82) is 0 Å². The smallest absolute Gasteiger partial charge is 0.191 e. The van der Waals surface area contributed by atoms with E-state index in [4.69, 9.17) is 4.99 Å². The number of rotatable bonds is 5. The second-order valence-electron chi connectivity index (χ2n) is 8.07. The van der Waals surface area contributed by atoms with E-state index in [-0.39, 0.29) is 0 Å². The number of hydrogen-bond donors (Lipinski definition) is 2. The van der Waals surface area contributed by atoms with Gasteiger partial charge in [-0.1, -0.05) is 24.3 Å². The Hall–Kier alpha value is -2.50. The van der Waals surface area contributed by atoms with Crippen molar-refractivity contribution in [3.05, 3.63) is 47.8 Å². The number of nitrogens with zero attached hydrogens (tertiary/aromatic N) is 4. The molecule has 1 saturated carbocycles. The van der Waals surface area contributed by atoms with Crippen LogP contribution < -0.4 is 15.5 Å². The number of anilines is 1. The third kappa shape index (κ3) is 4.32. The van der Waals surface area contributed by atoms with E-state index in [2.05, 4.69) is 64.9 Å². The average molecular weight is 381 g/mol. The SMILES string of the molecule is CCN=C(NC1CCCN(c2cnn(C)c2)C1)NC1CC1c1ccccc1C. The molecular weight excluding hydrogens is 348 g/mol. The van der Waals surface area contributed by atoms with Gasteiger partial charge in [-0.2, -0.15) is 5.10 Å². The highest BCUT2D eigenvalue weighted by Crippen LogP contribution is 2.42. The lowest BCUT2D eigenvalue weighted by Crippen LogP contribution is -2.51. The van der Waals surface area contributed by atoms with Crippen LogP contribution in [0, 0.1) is 6.92 Å². The number of guanidine groups is 1. The molecule has 28 heavy (non-hydrogen) atoms. The second kappa shape index (κ2) is 8.25. The standard InChI is InChI=1S/C22H32N6/c1-4-23-22(26-21-12-20(21)19-10-6-5-8-16(19)2)25-17-9-7-11-28(14-17)18-13-24-27(3)15-18/h5-6,8,10,13,15,17,20-21H,4,7,9,11-12,14H2,1-3H3,(H2,23,25,26). The van der Waals surface area contributed by atoms with Crippen LogP contribution in [0.5, 0.6) is 0 Å². The summed E-state index contributed by atoms with van der Waals surface area (Å²) in [5.74, 6) is 1.56. The summed E-state index contributed by atoms with van der Waals surface area (Å²) in [6, 6.07) is 9.62. The first-order valence-electron chi connectivity index (χ1n) is 10.5. The Labute approximate surface area is 168 Å². The summed E-state index contributed by atoms with van der Waals surface area (Å²) < 4.78 is 1.87. The predicted octanol–water partition coefficient (Wildman–Crippen LogP) is 2.81.